The number of carbonyl (C=O) groups is 13. The Hall–Kier alpha value is -13.8. The molecule has 29 nitrogen and oxygen atoms in total. The lowest BCUT2D eigenvalue weighted by atomic mass is 10.0. The monoisotopic (exact) mass is 2450 g/mol. The summed E-state index contributed by atoms with van der Waals surface area (Å²) in [5.41, 5.74) is 1.46. The number of unbranched alkanes of at least 4 members (excludes halogenated alkanes) is 1. The molecular formula is C97H71Br8F7N8O21. The number of carboxylic acid groups (broad SMARTS) is 6. The summed E-state index contributed by atoms with van der Waals surface area (Å²) in [5.74, 6) is -21.7. The molecule has 0 fully saturated rings. The number of phenols is 1. The van der Waals surface area contributed by atoms with E-state index in [0.717, 1.165) is 41.1 Å². The maximum absolute atomic E-state index is 13.8. The first-order chi connectivity index (χ1) is 66.4. The molecule has 0 spiro atoms. The molecule has 13 aromatic rings. The van der Waals surface area contributed by atoms with Gasteiger partial charge in [0.2, 0.25) is 0 Å². The van der Waals surface area contributed by atoms with E-state index in [1.807, 2.05) is 51.2 Å². The van der Waals surface area contributed by atoms with E-state index in [1.54, 1.807) is 91.9 Å². The van der Waals surface area contributed by atoms with Crippen molar-refractivity contribution in [3.63, 3.8) is 0 Å². The average molecular weight is 2460 g/mol. The van der Waals surface area contributed by atoms with Crippen molar-refractivity contribution in [1.82, 2.24) is 9.97 Å². The number of amides is 6. The average Bonchev–Trinajstić information content (AvgIpc) is 0.775. The molecule has 141 heavy (non-hydrogen) atoms. The Labute approximate surface area is 862 Å². The van der Waals surface area contributed by atoms with Crippen molar-refractivity contribution in [2.45, 2.75) is 60.6 Å². The van der Waals surface area contributed by atoms with E-state index in [1.165, 1.54) is 104 Å². The van der Waals surface area contributed by atoms with E-state index < -0.39 is 123 Å². The zero-order chi connectivity index (χ0) is 105. The first kappa shape index (κ1) is 113. The molecule has 6 amide bonds. The number of phenolic OH excluding ortho intramolecular Hbond substituents is 1. The Bertz CT molecular complexity index is 7110. The van der Waals surface area contributed by atoms with Crippen LogP contribution in [0.25, 0.3) is 10.8 Å². The van der Waals surface area contributed by atoms with E-state index in [0.29, 0.717) is 72.8 Å². The molecule has 2 aromatic heterocycles. The summed E-state index contributed by atoms with van der Waals surface area (Å²) < 4.78 is 101. The van der Waals surface area contributed by atoms with Crippen molar-refractivity contribution in [3.05, 3.63) is 372 Å². The van der Waals surface area contributed by atoms with Crippen molar-refractivity contribution in [1.29, 1.82) is 0 Å². The molecule has 0 atom stereocenters. The van der Waals surface area contributed by atoms with E-state index in [-0.39, 0.29) is 87.3 Å². The normalized spacial score (nSPS) is 10.5. The number of esters is 1. The minimum absolute atomic E-state index is 0.0277. The SMILES string of the molecule is CCCCOC(=O)c1ccc(NC(=O)c2c(Br)c(Br)c(Br)c(Br)c2C(=O)O)cc1.Cc1ccc(NC(=O)c2c(Br)c(Br)c(Br)c(Br)c2C(=O)O)cc1C.Cc1ccc(NC(=O)c2c(F)c(F)c(F)c(F)c2C(=O)O)cn1.Cc1ccc(NC(=O)c2ccccc2C(=O)O)cc1C(F)(F)F.Cc1ccc(NC(=O)c2ccccc2C(=O)O)cn1.O=C(O)c1ccccc1C(=O)Nc1cccc2ccc(O)cc12. The number of carbonyl (C=O) groups excluding carboxylic acids is 7. The largest absolute Gasteiger partial charge is 0.508 e. The molecule has 13 N–H and O–H groups in total. The molecule has 11 aromatic carbocycles. The first-order valence-electron chi connectivity index (χ1n) is 40.1. The smallest absolute Gasteiger partial charge is 0.416 e. The molecule has 0 saturated heterocycles. The summed E-state index contributed by atoms with van der Waals surface area (Å²) in [7, 11) is 0. The minimum atomic E-state index is -4.54. The molecule has 730 valence electrons. The Kier molecular flexibility index (Phi) is 40.6. The van der Waals surface area contributed by atoms with E-state index in [2.05, 4.69) is 164 Å². The second kappa shape index (κ2) is 50.9. The molecule has 2 heterocycles. The van der Waals surface area contributed by atoms with Gasteiger partial charge in [0.1, 0.15) is 11.3 Å². The van der Waals surface area contributed by atoms with Gasteiger partial charge in [0.15, 0.2) is 23.3 Å². The summed E-state index contributed by atoms with van der Waals surface area (Å²) in [6, 6.07) is 49.1. The maximum atomic E-state index is 13.8. The molecule has 0 saturated carbocycles. The van der Waals surface area contributed by atoms with Gasteiger partial charge in [0, 0.05) is 75.3 Å². The van der Waals surface area contributed by atoms with Gasteiger partial charge in [-0.25, -0.2) is 51.1 Å². The van der Waals surface area contributed by atoms with Crippen LogP contribution in [0.15, 0.2) is 242 Å². The zero-order valence-electron chi connectivity index (χ0n) is 73.2. The summed E-state index contributed by atoms with van der Waals surface area (Å²) in [5, 5.41) is 81.4. The van der Waals surface area contributed by atoms with E-state index in [4.69, 9.17) is 20.1 Å². The number of ether oxygens (including phenoxy) is 1. The van der Waals surface area contributed by atoms with Crippen molar-refractivity contribution in [2.24, 2.45) is 0 Å². The summed E-state index contributed by atoms with van der Waals surface area (Å²) in [6.07, 6.45) is -0.129. The number of nitrogens with one attached hydrogen (secondary N) is 6. The number of benzene rings is 11. The number of halogens is 15. The Morgan fingerprint density at radius 1 is 0.340 bits per heavy atom. The Balaban J connectivity index is 0.000000208. The fraction of sp³-hybridized carbons (Fsp3) is 0.103. The number of rotatable bonds is 22. The third-order valence-corrected chi connectivity index (χ3v) is 29.0. The number of anilines is 6. The zero-order valence-corrected chi connectivity index (χ0v) is 85.8. The molecule has 0 radical (unpaired) electrons. The molecule has 13 rings (SSSR count). The van der Waals surface area contributed by atoms with Gasteiger partial charge in [-0.3, -0.25) is 38.7 Å². The number of nitrogens with zero attached hydrogens (tertiary/aromatic N) is 2. The fourth-order valence-corrected chi connectivity index (χ4v) is 17.2. The molecule has 0 bridgehead atoms. The van der Waals surface area contributed by atoms with Gasteiger partial charge >= 0.3 is 48.0 Å². The highest BCUT2D eigenvalue weighted by Gasteiger charge is 2.36. The van der Waals surface area contributed by atoms with Crippen molar-refractivity contribution < 1.29 is 134 Å². The van der Waals surface area contributed by atoms with Crippen LogP contribution in [-0.4, -0.2) is 130 Å². The van der Waals surface area contributed by atoms with Crippen LogP contribution >= 0.6 is 127 Å². The van der Waals surface area contributed by atoms with Crippen LogP contribution in [0.4, 0.5) is 64.9 Å². The number of hydrogen-bond donors (Lipinski definition) is 13. The number of carboxylic acids is 6. The van der Waals surface area contributed by atoms with Crippen LogP contribution in [0, 0.1) is 57.9 Å². The van der Waals surface area contributed by atoms with Gasteiger partial charge < -0.3 is 72.4 Å². The molecular weight excluding hydrogens is 2390 g/mol. The number of pyridine rings is 2. The van der Waals surface area contributed by atoms with E-state index in [9.17, 15) is 113 Å². The van der Waals surface area contributed by atoms with Gasteiger partial charge in [-0.05, 0) is 318 Å². The highest BCUT2D eigenvalue weighted by atomic mass is 79.9. The molecule has 44 heteroatoms. The van der Waals surface area contributed by atoms with Crippen molar-refractivity contribution in [3.8, 4) is 5.75 Å². The maximum Gasteiger partial charge on any atom is 0.416 e. The third-order valence-electron chi connectivity index (χ3n) is 19.5. The number of aromatic carboxylic acids is 6. The highest BCUT2D eigenvalue weighted by molar-refractivity contribution is 9.15. The molecule has 0 aliphatic carbocycles. The quantitative estimate of drug-likeness (QED) is 0.00985. The highest BCUT2D eigenvalue weighted by Crippen LogP contribution is 2.45. The predicted octanol–water partition coefficient (Wildman–Crippen LogP) is 25.6. The number of fused-ring (bicyclic) bond motifs is 1. The lowest BCUT2D eigenvalue weighted by Gasteiger charge is -2.15. The van der Waals surface area contributed by atoms with Crippen molar-refractivity contribution >= 4 is 250 Å². The Morgan fingerprint density at radius 3 is 1.11 bits per heavy atom. The van der Waals surface area contributed by atoms with E-state index >= 15 is 0 Å². The summed E-state index contributed by atoms with van der Waals surface area (Å²) in [6.45, 7) is 11.1. The third kappa shape index (κ3) is 29.4. The standard InChI is InChI=1S/C19H15Br4NO5.C18H13NO4.C16H11Br4NO3.C16H12F3NO3.C14H8F4N2O3.C14H12N2O3/c1-2-3-8-29-19(28)9-4-6-10(7-5-9)24-17(25)11-12(18(26)27)14(21)16(23)15(22)13(11)20;20-12-9-8-11-4-3-7-16(15(11)10-12)19-17(21)13-5-1-2-6-14(13)18(22)23;1-6-3-4-8(5-7(6)2)21-15(22)9-10(16(23)24)12(18)14(20)13(19)11(9)17;1-9-6-7-10(8-13(9)16(17,18)19)20-14(21)11-4-2-3-5-12(11)15(22)23;1-5-2-3-6(4-19-5)20-13(21)7-8(14(22)23)10(16)12(18)11(17)9(7)15;1-9-6-7-10(8-15-9)16-13(17)11-4-2-3-5-12(11)14(18)19/h4-7H,2-3,8H2,1H3,(H,24,25)(H,26,27);1-10,20H,(H,19,21)(H,22,23);3-5H,1-2H3,(H,21,22)(H,23,24);2-8H,1H3,(H,20,21)(H,22,23);2-4H,1H3,(H,20,21)(H,22,23);2-8H,1H3,(H,16,17)(H,18,19). The molecule has 0 aliphatic heterocycles. The number of aromatic hydroxyl groups is 1. The first-order valence-corrected chi connectivity index (χ1v) is 46.5. The fourth-order valence-electron chi connectivity index (χ4n) is 12.3. The lowest BCUT2D eigenvalue weighted by molar-refractivity contribution is -0.138. The van der Waals surface area contributed by atoms with Gasteiger partial charge in [0.05, 0.1) is 103 Å². The predicted molar refractivity (Wildman–Crippen MR) is 537 cm³/mol. The summed E-state index contributed by atoms with van der Waals surface area (Å²) >= 11 is 26.3. The van der Waals surface area contributed by atoms with Gasteiger partial charge in [0.25, 0.3) is 35.4 Å². The topological polar surface area (TPSA) is 471 Å². The Morgan fingerprint density at radius 2 is 0.702 bits per heavy atom. The van der Waals surface area contributed by atoms with Crippen LogP contribution < -0.4 is 31.9 Å². The number of aryl methyl sites for hydroxylation is 5. The molecule has 0 aliphatic rings. The van der Waals surface area contributed by atoms with Gasteiger partial charge in [-0.1, -0.05) is 80.1 Å². The summed E-state index contributed by atoms with van der Waals surface area (Å²) in [4.78, 5) is 162. The number of aromatic nitrogens is 2. The van der Waals surface area contributed by atoms with Crippen molar-refractivity contribution in [2.75, 3.05) is 38.5 Å². The van der Waals surface area contributed by atoms with Crippen LogP contribution in [0.2, 0.25) is 0 Å². The number of hydrogen-bond acceptors (Lipinski definition) is 17. The van der Waals surface area contributed by atoms with Crippen LogP contribution in [0.3, 0.4) is 0 Å². The second-order valence-corrected chi connectivity index (χ2v) is 35.5. The second-order valence-electron chi connectivity index (χ2n) is 29.2. The molecule has 0 unspecified atom stereocenters. The number of alkyl halides is 3. The van der Waals surface area contributed by atoms with Crippen LogP contribution in [0.5, 0.6) is 5.75 Å². The minimum Gasteiger partial charge on any atom is -0.508 e. The van der Waals surface area contributed by atoms with Gasteiger partial charge in [-0.15, -0.1) is 0 Å². The van der Waals surface area contributed by atoms with Crippen LogP contribution in [0.1, 0.15) is 188 Å². The van der Waals surface area contributed by atoms with Gasteiger partial charge in [-0.2, -0.15) is 13.2 Å². The van der Waals surface area contributed by atoms with Crippen LogP contribution in [-0.2, 0) is 10.9 Å². The lowest BCUT2D eigenvalue weighted by Crippen LogP contribution is -2.22.